The van der Waals surface area contributed by atoms with Crippen molar-refractivity contribution in [2.24, 2.45) is 0 Å². The maximum absolute atomic E-state index is 13.0. The predicted octanol–water partition coefficient (Wildman–Crippen LogP) is 2.85. The van der Waals surface area contributed by atoms with Crippen molar-refractivity contribution in [3.05, 3.63) is 28.8 Å². The first kappa shape index (κ1) is 21.9. The molecule has 1 unspecified atom stereocenters. The fourth-order valence-corrected chi connectivity index (χ4v) is 6.06. The van der Waals surface area contributed by atoms with E-state index in [0.717, 1.165) is 32.1 Å². The van der Waals surface area contributed by atoms with E-state index in [4.69, 9.17) is 21.1 Å². The summed E-state index contributed by atoms with van der Waals surface area (Å²) in [4.78, 5) is 27.1. The number of ether oxygens (including phenoxy) is 2. The second-order valence-electron chi connectivity index (χ2n) is 7.57. The van der Waals surface area contributed by atoms with Crippen molar-refractivity contribution in [3.63, 3.8) is 0 Å². The highest BCUT2D eigenvalue weighted by atomic mass is 35.5. The molecule has 0 spiro atoms. The normalized spacial score (nSPS) is 21.5. The topological polar surface area (TPSA) is 90.0 Å². The predicted molar refractivity (Wildman–Crippen MR) is 109 cm³/mol. The van der Waals surface area contributed by atoms with Crippen LogP contribution in [0.5, 0.6) is 5.75 Å². The van der Waals surface area contributed by atoms with E-state index in [2.05, 4.69) is 0 Å². The van der Waals surface area contributed by atoms with Crippen molar-refractivity contribution in [2.45, 2.75) is 50.6 Å². The number of esters is 1. The van der Waals surface area contributed by atoms with Crippen LogP contribution in [0.2, 0.25) is 5.02 Å². The highest BCUT2D eigenvalue weighted by Crippen LogP contribution is 2.29. The van der Waals surface area contributed by atoms with Crippen LogP contribution in [-0.4, -0.2) is 62.5 Å². The zero-order valence-electron chi connectivity index (χ0n) is 16.4. The average Bonchev–Trinajstić information content (AvgIpc) is 3.06. The van der Waals surface area contributed by atoms with Crippen molar-refractivity contribution in [1.29, 1.82) is 0 Å². The molecule has 29 heavy (non-hydrogen) atoms. The minimum absolute atomic E-state index is 0.00559. The first-order chi connectivity index (χ1) is 13.8. The van der Waals surface area contributed by atoms with Crippen LogP contribution in [0.15, 0.2) is 18.2 Å². The third-order valence-corrected chi connectivity index (χ3v) is 7.55. The van der Waals surface area contributed by atoms with E-state index in [1.807, 2.05) is 0 Å². The van der Waals surface area contributed by atoms with Gasteiger partial charge in [0.1, 0.15) is 11.3 Å². The largest absolute Gasteiger partial charge is 0.496 e. The lowest BCUT2D eigenvalue weighted by Crippen LogP contribution is -2.50. The maximum Gasteiger partial charge on any atom is 0.342 e. The first-order valence-electron chi connectivity index (χ1n) is 9.83. The van der Waals surface area contributed by atoms with Crippen LogP contribution in [0.25, 0.3) is 0 Å². The van der Waals surface area contributed by atoms with Gasteiger partial charge >= 0.3 is 5.97 Å². The Balaban J connectivity index is 1.71. The molecule has 0 N–H and O–H groups in total. The number of amides is 1. The summed E-state index contributed by atoms with van der Waals surface area (Å²) in [7, 11) is -1.71. The molecular formula is C20H26ClNO6S. The molecule has 0 bridgehead atoms. The minimum atomic E-state index is -3.13. The number of methoxy groups -OCH3 is 1. The Kier molecular flexibility index (Phi) is 7.05. The Morgan fingerprint density at radius 2 is 1.86 bits per heavy atom. The maximum atomic E-state index is 13.0. The van der Waals surface area contributed by atoms with Gasteiger partial charge in [-0.2, -0.15) is 0 Å². The second kappa shape index (κ2) is 9.34. The summed E-state index contributed by atoms with van der Waals surface area (Å²) >= 11 is 5.95. The Hall–Kier alpha value is -1.80. The Bertz CT molecular complexity index is 866. The smallest absolute Gasteiger partial charge is 0.342 e. The van der Waals surface area contributed by atoms with Crippen molar-refractivity contribution in [3.8, 4) is 5.75 Å². The van der Waals surface area contributed by atoms with Gasteiger partial charge in [0.05, 0.1) is 18.6 Å². The quantitative estimate of drug-likeness (QED) is 0.628. The summed E-state index contributed by atoms with van der Waals surface area (Å²) in [6.07, 6.45) is 5.25. The van der Waals surface area contributed by atoms with Gasteiger partial charge in [-0.3, -0.25) is 4.79 Å². The molecule has 0 radical (unpaired) electrons. The lowest BCUT2D eigenvalue weighted by molar-refractivity contribution is -0.140. The molecule has 1 saturated heterocycles. The number of sulfone groups is 1. The highest BCUT2D eigenvalue weighted by molar-refractivity contribution is 7.91. The van der Waals surface area contributed by atoms with Crippen molar-refractivity contribution < 1.29 is 27.5 Å². The molecule has 2 fully saturated rings. The molecule has 7 nitrogen and oxygen atoms in total. The second-order valence-corrected chi connectivity index (χ2v) is 10.2. The summed E-state index contributed by atoms with van der Waals surface area (Å²) < 4.78 is 34.3. The SMILES string of the molecule is COc1ccc(Cl)cc1C(=O)OCC(=O)N(C1CCCCC1)C1CCS(=O)(=O)C1. The number of nitrogens with zero attached hydrogens (tertiary/aromatic N) is 1. The summed E-state index contributed by atoms with van der Waals surface area (Å²) in [6.45, 7) is -0.443. The zero-order chi connectivity index (χ0) is 21.0. The Morgan fingerprint density at radius 3 is 2.48 bits per heavy atom. The molecule has 3 rings (SSSR count). The van der Waals surface area contributed by atoms with Gasteiger partial charge in [-0.1, -0.05) is 30.9 Å². The number of hydrogen-bond donors (Lipinski definition) is 0. The fraction of sp³-hybridized carbons (Fsp3) is 0.600. The van der Waals surface area contributed by atoms with Gasteiger partial charge in [0.2, 0.25) is 0 Å². The summed E-state index contributed by atoms with van der Waals surface area (Å²) in [5.41, 5.74) is 0.139. The molecule has 1 aromatic rings. The van der Waals surface area contributed by atoms with E-state index >= 15 is 0 Å². The van der Waals surface area contributed by atoms with Crippen LogP contribution < -0.4 is 4.74 Å². The molecule has 160 valence electrons. The molecular weight excluding hydrogens is 418 g/mol. The third-order valence-electron chi connectivity index (χ3n) is 5.57. The van der Waals surface area contributed by atoms with Gasteiger partial charge in [0, 0.05) is 17.1 Å². The van der Waals surface area contributed by atoms with Gasteiger partial charge in [-0.05, 0) is 37.5 Å². The van der Waals surface area contributed by atoms with Crippen LogP contribution in [0.4, 0.5) is 0 Å². The van der Waals surface area contributed by atoms with Crippen molar-refractivity contribution in [1.82, 2.24) is 4.90 Å². The number of rotatable bonds is 6. The Labute approximate surface area is 176 Å². The lowest BCUT2D eigenvalue weighted by atomic mass is 9.93. The number of carbonyl (C=O) groups excluding carboxylic acids is 2. The molecule has 1 aromatic carbocycles. The molecule has 1 saturated carbocycles. The molecule has 2 aliphatic rings. The van der Waals surface area contributed by atoms with Gasteiger partial charge in [-0.25, -0.2) is 13.2 Å². The standard InChI is InChI=1S/C20H26ClNO6S/c1-27-18-8-7-14(21)11-17(18)20(24)28-12-19(23)22(15-5-3-2-4-6-15)16-9-10-29(25,26)13-16/h7-8,11,15-16H,2-6,9-10,12-13H2,1H3. The van der Waals surface area contributed by atoms with Gasteiger partial charge < -0.3 is 14.4 Å². The van der Waals surface area contributed by atoms with E-state index in [1.165, 1.54) is 13.2 Å². The van der Waals surface area contributed by atoms with Crippen LogP contribution >= 0.6 is 11.6 Å². The zero-order valence-corrected chi connectivity index (χ0v) is 18.0. The monoisotopic (exact) mass is 443 g/mol. The number of halogens is 1. The number of benzene rings is 1. The van der Waals surface area contributed by atoms with Crippen molar-refractivity contribution >= 4 is 33.3 Å². The fourth-order valence-electron chi connectivity index (χ4n) is 4.18. The summed E-state index contributed by atoms with van der Waals surface area (Å²) in [6, 6.07) is 4.21. The molecule has 1 amide bonds. The van der Waals surface area contributed by atoms with E-state index in [9.17, 15) is 18.0 Å². The summed E-state index contributed by atoms with van der Waals surface area (Å²) in [5.74, 6) is -0.689. The van der Waals surface area contributed by atoms with E-state index in [0.29, 0.717) is 17.2 Å². The summed E-state index contributed by atoms with van der Waals surface area (Å²) in [5, 5.41) is 0.351. The highest BCUT2D eigenvalue weighted by Gasteiger charge is 2.38. The molecule has 0 aromatic heterocycles. The van der Waals surface area contributed by atoms with E-state index < -0.39 is 22.4 Å². The van der Waals surface area contributed by atoms with Crippen molar-refractivity contribution in [2.75, 3.05) is 25.2 Å². The third kappa shape index (κ3) is 5.42. The number of hydrogen-bond acceptors (Lipinski definition) is 6. The van der Waals surface area contributed by atoms with Crippen LogP contribution in [0, 0.1) is 0 Å². The van der Waals surface area contributed by atoms with Gasteiger partial charge in [0.25, 0.3) is 5.91 Å². The van der Waals surface area contributed by atoms with Gasteiger partial charge in [-0.15, -0.1) is 0 Å². The van der Waals surface area contributed by atoms with Crippen LogP contribution in [-0.2, 0) is 19.4 Å². The van der Waals surface area contributed by atoms with Gasteiger partial charge in [0.15, 0.2) is 16.4 Å². The van der Waals surface area contributed by atoms with Crippen LogP contribution in [0.1, 0.15) is 48.9 Å². The lowest BCUT2D eigenvalue weighted by Gasteiger charge is -2.38. The average molecular weight is 444 g/mol. The van der Waals surface area contributed by atoms with E-state index in [-0.39, 0.29) is 35.1 Å². The number of carbonyl (C=O) groups is 2. The molecule has 1 aliphatic heterocycles. The molecule has 1 atom stereocenters. The minimum Gasteiger partial charge on any atom is -0.496 e. The molecule has 1 aliphatic carbocycles. The van der Waals surface area contributed by atoms with E-state index in [1.54, 1.807) is 17.0 Å². The molecule has 1 heterocycles. The first-order valence-corrected chi connectivity index (χ1v) is 12.0. The molecule has 9 heteroatoms. The van der Waals surface area contributed by atoms with Crippen LogP contribution in [0.3, 0.4) is 0 Å². The Morgan fingerprint density at radius 1 is 1.14 bits per heavy atom.